The number of hydrogen-bond donors (Lipinski definition) is 3. The van der Waals surface area contributed by atoms with Crippen LogP contribution in [0.1, 0.15) is 23.6 Å². The summed E-state index contributed by atoms with van der Waals surface area (Å²) in [5.41, 5.74) is 2.43. The molecule has 0 saturated carbocycles. The van der Waals surface area contributed by atoms with Gasteiger partial charge in [0.15, 0.2) is 0 Å². The average molecular weight is 509 g/mol. The van der Waals surface area contributed by atoms with Crippen LogP contribution in [0, 0.1) is 11.6 Å². The van der Waals surface area contributed by atoms with Gasteiger partial charge in [-0.05, 0) is 65.9 Å². The molecule has 0 fully saturated rings. The van der Waals surface area contributed by atoms with Crippen molar-refractivity contribution in [3.05, 3.63) is 100 Å². The molecule has 0 amide bonds. The fourth-order valence-electron chi connectivity index (χ4n) is 3.59. The van der Waals surface area contributed by atoms with Crippen LogP contribution in [0.25, 0.3) is 0 Å². The summed E-state index contributed by atoms with van der Waals surface area (Å²) in [6.45, 7) is 2.58. The standard InChI is InChI=1S/C25H27ClF2N2O3S/c1-2-17-4-3-5-18(10-17)15-29-16-25(31)24(13-19-11-21(27)14-22(28)12-19)30-34(32,33)23-8-6-20(26)7-9-23/h3-12,14,24-25,29-31H,2,13,15-16H2,1H3/t24-,25+/m1/s1. The van der Waals surface area contributed by atoms with E-state index in [0.717, 1.165) is 30.2 Å². The third kappa shape index (κ3) is 7.58. The highest BCUT2D eigenvalue weighted by Crippen LogP contribution is 2.17. The van der Waals surface area contributed by atoms with Crippen molar-refractivity contribution in [2.24, 2.45) is 0 Å². The van der Waals surface area contributed by atoms with E-state index in [4.69, 9.17) is 11.6 Å². The molecule has 0 spiro atoms. The molecule has 0 heterocycles. The molecule has 3 aromatic rings. The molecule has 0 saturated heterocycles. The first-order valence-corrected chi connectivity index (χ1v) is 12.7. The minimum Gasteiger partial charge on any atom is -0.390 e. The third-order valence-corrected chi connectivity index (χ3v) is 7.11. The van der Waals surface area contributed by atoms with Gasteiger partial charge in [0.25, 0.3) is 0 Å². The van der Waals surface area contributed by atoms with Crippen LogP contribution in [0.3, 0.4) is 0 Å². The highest BCUT2D eigenvalue weighted by atomic mass is 35.5. The summed E-state index contributed by atoms with van der Waals surface area (Å²) in [5.74, 6) is -1.56. The molecular formula is C25H27ClF2N2O3S. The van der Waals surface area contributed by atoms with Crippen molar-refractivity contribution >= 4 is 21.6 Å². The Morgan fingerprint density at radius 2 is 1.59 bits per heavy atom. The second-order valence-corrected chi connectivity index (χ2v) is 10.2. The van der Waals surface area contributed by atoms with E-state index >= 15 is 0 Å². The maximum atomic E-state index is 13.7. The van der Waals surface area contributed by atoms with Crippen LogP contribution >= 0.6 is 11.6 Å². The van der Waals surface area contributed by atoms with E-state index in [-0.39, 0.29) is 23.4 Å². The van der Waals surface area contributed by atoms with Crippen molar-refractivity contribution in [3.8, 4) is 0 Å². The van der Waals surface area contributed by atoms with Gasteiger partial charge in [-0.2, -0.15) is 0 Å². The monoisotopic (exact) mass is 508 g/mol. The van der Waals surface area contributed by atoms with Gasteiger partial charge in [-0.25, -0.2) is 21.9 Å². The van der Waals surface area contributed by atoms with Gasteiger partial charge in [0.2, 0.25) is 10.0 Å². The lowest BCUT2D eigenvalue weighted by Crippen LogP contribution is -2.48. The summed E-state index contributed by atoms with van der Waals surface area (Å²) in [6.07, 6.45) is -0.395. The lowest BCUT2D eigenvalue weighted by atomic mass is 10.0. The fraction of sp³-hybridized carbons (Fsp3) is 0.280. The number of aliphatic hydroxyl groups is 1. The molecule has 3 aromatic carbocycles. The summed E-state index contributed by atoms with van der Waals surface area (Å²) < 4.78 is 55.7. The molecule has 0 bridgehead atoms. The Labute approximate surface area is 203 Å². The first-order chi connectivity index (χ1) is 16.2. The maximum absolute atomic E-state index is 13.7. The van der Waals surface area contributed by atoms with Crippen LogP contribution in [0.15, 0.2) is 71.6 Å². The Balaban J connectivity index is 1.76. The molecule has 2 atom stereocenters. The summed E-state index contributed by atoms with van der Waals surface area (Å²) in [6, 6.07) is 15.5. The Morgan fingerprint density at radius 3 is 2.24 bits per heavy atom. The highest BCUT2D eigenvalue weighted by Gasteiger charge is 2.26. The second kappa shape index (κ2) is 11.9. The zero-order valence-corrected chi connectivity index (χ0v) is 20.2. The van der Waals surface area contributed by atoms with Crippen molar-refractivity contribution in [1.82, 2.24) is 10.0 Å². The topological polar surface area (TPSA) is 78.4 Å². The molecule has 9 heteroatoms. The third-order valence-electron chi connectivity index (χ3n) is 5.36. The summed E-state index contributed by atoms with van der Waals surface area (Å²) in [4.78, 5) is -0.0381. The molecule has 0 aliphatic heterocycles. The van der Waals surface area contributed by atoms with Gasteiger partial charge in [-0.3, -0.25) is 0 Å². The smallest absolute Gasteiger partial charge is 0.240 e. The van der Waals surface area contributed by atoms with Crippen molar-refractivity contribution in [1.29, 1.82) is 0 Å². The van der Waals surface area contributed by atoms with Crippen molar-refractivity contribution < 1.29 is 22.3 Å². The molecule has 0 radical (unpaired) electrons. The number of aliphatic hydroxyl groups excluding tert-OH is 1. The Morgan fingerprint density at radius 1 is 0.941 bits per heavy atom. The molecule has 0 aliphatic rings. The molecule has 0 aromatic heterocycles. The lowest BCUT2D eigenvalue weighted by Gasteiger charge is -2.25. The Bertz CT molecular complexity index is 1190. The molecular weight excluding hydrogens is 482 g/mol. The number of nitrogens with one attached hydrogen (secondary N) is 2. The van der Waals surface area contributed by atoms with Crippen LogP contribution in [0.2, 0.25) is 5.02 Å². The maximum Gasteiger partial charge on any atom is 0.240 e. The Hall–Kier alpha value is -2.36. The second-order valence-electron chi connectivity index (χ2n) is 8.04. The van der Waals surface area contributed by atoms with Crippen LogP contribution in [0.5, 0.6) is 0 Å². The van der Waals surface area contributed by atoms with Gasteiger partial charge >= 0.3 is 0 Å². The fourth-order valence-corrected chi connectivity index (χ4v) is 4.98. The zero-order chi connectivity index (χ0) is 24.7. The molecule has 34 heavy (non-hydrogen) atoms. The van der Waals surface area contributed by atoms with Crippen LogP contribution in [0.4, 0.5) is 8.78 Å². The minimum absolute atomic E-state index is 0.0381. The molecule has 0 aliphatic carbocycles. The number of halogens is 3. The van der Waals surface area contributed by atoms with Gasteiger partial charge in [-0.15, -0.1) is 0 Å². The van der Waals surface area contributed by atoms with Crippen molar-refractivity contribution in [2.45, 2.75) is 43.4 Å². The Kier molecular flexibility index (Phi) is 9.16. The average Bonchev–Trinajstić information content (AvgIpc) is 2.78. The van der Waals surface area contributed by atoms with Crippen molar-refractivity contribution in [2.75, 3.05) is 6.54 Å². The van der Waals surface area contributed by atoms with E-state index in [2.05, 4.69) is 23.0 Å². The number of benzene rings is 3. The van der Waals surface area contributed by atoms with Crippen molar-refractivity contribution in [3.63, 3.8) is 0 Å². The predicted octanol–water partition coefficient (Wildman–Crippen LogP) is 4.22. The van der Waals surface area contributed by atoms with Gasteiger partial charge < -0.3 is 10.4 Å². The zero-order valence-electron chi connectivity index (χ0n) is 18.6. The summed E-state index contributed by atoms with van der Waals surface area (Å²) >= 11 is 5.85. The largest absolute Gasteiger partial charge is 0.390 e. The number of rotatable bonds is 11. The lowest BCUT2D eigenvalue weighted by molar-refractivity contribution is 0.134. The van der Waals surface area contributed by atoms with Gasteiger partial charge in [0, 0.05) is 24.2 Å². The SMILES string of the molecule is CCc1cccc(CNC[C@H](O)[C@@H](Cc2cc(F)cc(F)c2)NS(=O)(=O)c2ccc(Cl)cc2)c1. The minimum atomic E-state index is -4.03. The highest BCUT2D eigenvalue weighted by molar-refractivity contribution is 7.89. The summed E-state index contributed by atoms with van der Waals surface area (Å²) in [5, 5.41) is 14.3. The van der Waals surface area contributed by atoms with E-state index in [1.165, 1.54) is 29.8 Å². The molecule has 3 rings (SSSR count). The number of sulfonamides is 1. The quantitative estimate of drug-likeness (QED) is 0.362. The van der Waals surface area contributed by atoms with Gasteiger partial charge in [0.05, 0.1) is 17.0 Å². The molecule has 0 unspecified atom stereocenters. The normalized spacial score (nSPS) is 13.6. The first-order valence-electron chi connectivity index (χ1n) is 10.9. The number of hydrogen-bond acceptors (Lipinski definition) is 4. The van der Waals surface area contributed by atoms with Gasteiger partial charge in [0.1, 0.15) is 11.6 Å². The molecule has 3 N–H and O–H groups in total. The summed E-state index contributed by atoms with van der Waals surface area (Å²) in [7, 11) is -4.03. The first kappa shape index (κ1) is 26.2. The number of aryl methyl sites for hydroxylation is 1. The van der Waals surface area contributed by atoms with E-state index in [1.807, 2.05) is 18.2 Å². The molecule has 5 nitrogen and oxygen atoms in total. The van der Waals surface area contributed by atoms with E-state index in [1.54, 1.807) is 0 Å². The van der Waals surface area contributed by atoms with E-state index in [0.29, 0.717) is 11.6 Å². The van der Waals surface area contributed by atoms with Crippen LogP contribution < -0.4 is 10.0 Å². The molecule has 182 valence electrons. The van der Waals surface area contributed by atoms with E-state index in [9.17, 15) is 22.3 Å². The van der Waals surface area contributed by atoms with Gasteiger partial charge in [-0.1, -0.05) is 42.8 Å². The van der Waals surface area contributed by atoms with Crippen LogP contribution in [-0.2, 0) is 29.4 Å². The van der Waals surface area contributed by atoms with E-state index < -0.39 is 33.8 Å². The predicted molar refractivity (Wildman–Crippen MR) is 129 cm³/mol. The van der Waals surface area contributed by atoms with Crippen LogP contribution in [-0.4, -0.2) is 32.2 Å².